The summed E-state index contributed by atoms with van der Waals surface area (Å²) in [7, 11) is 1.37. The number of carbonyl (C=O) groups excluding carboxylic acids is 2. The number of carbonyl (C=O) groups is 2. The Balaban J connectivity index is 2.08. The molecule has 21 heavy (non-hydrogen) atoms. The predicted molar refractivity (Wildman–Crippen MR) is 81.0 cm³/mol. The molecule has 1 fully saturated rings. The van der Waals surface area contributed by atoms with Gasteiger partial charge in [0, 0.05) is 0 Å². The predicted octanol–water partition coefficient (Wildman–Crippen LogP) is 2.45. The molecule has 0 atom stereocenters. The van der Waals surface area contributed by atoms with Crippen LogP contribution in [0.15, 0.2) is 18.2 Å². The van der Waals surface area contributed by atoms with Crippen molar-refractivity contribution >= 4 is 11.9 Å². The molecule has 0 saturated heterocycles. The van der Waals surface area contributed by atoms with Crippen LogP contribution in [-0.4, -0.2) is 24.5 Å². The SMILES string of the molecule is COC(=O)C1(NC(=O)Cc2ccc(C)cc2C)CCCC1. The summed E-state index contributed by atoms with van der Waals surface area (Å²) in [6.07, 6.45) is 3.51. The highest BCUT2D eigenvalue weighted by Gasteiger charge is 2.43. The summed E-state index contributed by atoms with van der Waals surface area (Å²) in [5.41, 5.74) is 2.46. The van der Waals surface area contributed by atoms with Crippen LogP contribution in [0.4, 0.5) is 0 Å². The van der Waals surface area contributed by atoms with E-state index in [-0.39, 0.29) is 11.9 Å². The first-order chi connectivity index (χ1) is 9.97. The maximum absolute atomic E-state index is 12.3. The van der Waals surface area contributed by atoms with Crippen LogP contribution >= 0.6 is 0 Å². The van der Waals surface area contributed by atoms with Gasteiger partial charge in [-0.15, -0.1) is 0 Å². The van der Waals surface area contributed by atoms with Crippen molar-refractivity contribution in [3.63, 3.8) is 0 Å². The smallest absolute Gasteiger partial charge is 0.331 e. The molecular formula is C17H23NO3. The quantitative estimate of drug-likeness (QED) is 0.866. The number of benzene rings is 1. The van der Waals surface area contributed by atoms with Gasteiger partial charge in [-0.25, -0.2) is 4.79 Å². The Morgan fingerprint density at radius 3 is 2.48 bits per heavy atom. The molecular weight excluding hydrogens is 266 g/mol. The number of amides is 1. The number of hydrogen-bond acceptors (Lipinski definition) is 3. The van der Waals surface area contributed by atoms with Crippen LogP contribution in [0.5, 0.6) is 0 Å². The van der Waals surface area contributed by atoms with Gasteiger partial charge in [0.1, 0.15) is 5.54 Å². The fourth-order valence-electron chi connectivity index (χ4n) is 3.08. The average molecular weight is 289 g/mol. The highest BCUT2D eigenvalue weighted by molar-refractivity contribution is 5.89. The molecule has 0 aliphatic heterocycles. The number of hydrogen-bond donors (Lipinski definition) is 1. The zero-order chi connectivity index (χ0) is 15.5. The minimum absolute atomic E-state index is 0.116. The number of methoxy groups -OCH3 is 1. The van der Waals surface area contributed by atoms with Crippen molar-refractivity contribution in [3.05, 3.63) is 34.9 Å². The first kappa shape index (κ1) is 15.5. The van der Waals surface area contributed by atoms with Gasteiger partial charge in [-0.05, 0) is 37.8 Å². The lowest BCUT2D eigenvalue weighted by Crippen LogP contribution is -2.53. The van der Waals surface area contributed by atoms with Gasteiger partial charge in [-0.1, -0.05) is 36.6 Å². The van der Waals surface area contributed by atoms with Crippen molar-refractivity contribution in [2.75, 3.05) is 7.11 Å². The van der Waals surface area contributed by atoms with Crippen LogP contribution in [0.3, 0.4) is 0 Å². The highest BCUT2D eigenvalue weighted by atomic mass is 16.5. The second kappa shape index (κ2) is 6.29. The number of esters is 1. The molecule has 114 valence electrons. The summed E-state index contributed by atoms with van der Waals surface area (Å²) < 4.78 is 4.87. The van der Waals surface area contributed by atoms with E-state index in [9.17, 15) is 9.59 Å². The van der Waals surface area contributed by atoms with Gasteiger partial charge < -0.3 is 10.1 Å². The third-order valence-corrected chi connectivity index (χ3v) is 4.26. The molecule has 1 saturated carbocycles. The summed E-state index contributed by atoms with van der Waals surface area (Å²) in [5, 5.41) is 2.92. The van der Waals surface area contributed by atoms with E-state index in [0.29, 0.717) is 19.3 Å². The van der Waals surface area contributed by atoms with E-state index >= 15 is 0 Å². The lowest BCUT2D eigenvalue weighted by Gasteiger charge is -2.27. The fraction of sp³-hybridized carbons (Fsp3) is 0.529. The van der Waals surface area contributed by atoms with Crippen molar-refractivity contribution < 1.29 is 14.3 Å². The van der Waals surface area contributed by atoms with Gasteiger partial charge in [0.05, 0.1) is 13.5 Å². The molecule has 1 N–H and O–H groups in total. The second-order valence-corrected chi connectivity index (χ2v) is 5.94. The molecule has 4 nitrogen and oxygen atoms in total. The van der Waals surface area contributed by atoms with E-state index in [2.05, 4.69) is 11.4 Å². The number of nitrogens with one attached hydrogen (secondary N) is 1. The normalized spacial score (nSPS) is 16.5. The molecule has 0 aromatic heterocycles. The standard InChI is InChI=1S/C17H23NO3/c1-12-6-7-14(13(2)10-12)11-15(19)18-17(16(20)21-3)8-4-5-9-17/h6-7,10H,4-5,8-9,11H2,1-3H3,(H,18,19). The zero-order valence-electron chi connectivity index (χ0n) is 13.0. The molecule has 0 spiro atoms. The second-order valence-electron chi connectivity index (χ2n) is 5.94. The van der Waals surface area contributed by atoms with Gasteiger partial charge in [0.15, 0.2) is 0 Å². The van der Waals surface area contributed by atoms with Crippen molar-refractivity contribution in [2.24, 2.45) is 0 Å². The Hall–Kier alpha value is -1.84. The Labute approximate surface area is 125 Å². The summed E-state index contributed by atoms with van der Waals surface area (Å²) in [4.78, 5) is 24.3. The van der Waals surface area contributed by atoms with E-state index in [1.807, 2.05) is 26.0 Å². The number of rotatable bonds is 4. The van der Waals surface area contributed by atoms with Crippen LogP contribution in [-0.2, 0) is 20.7 Å². The Morgan fingerprint density at radius 1 is 1.24 bits per heavy atom. The van der Waals surface area contributed by atoms with Crippen molar-refractivity contribution in [2.45, 2.75) is 51.5 Å². The molecule has 0 radical (unpaired) electrons. The van der Waals surface area contributed by atoms with E-state index in [4.69, 9.17) is 4.74 Å². The summed E-state index contributed by atoms with van der Waals surface area (Å²) in [6.45, 7) is 4.03. The largest absolute Gasteiger partial charge is 0.467 e. The lowest BCUT2D eigenvalue weighted by molar-refractivity contribution is -0.150. The van der Waals surface area contributed by atoms with E-state index in [0.717, 1.165) is 24.0 Å². The fourth-order valence-corrected chi connectivity index (χ4v) is 3.08. The zero-order valence-corrected chi connectivity index (χ0v) is 13.0. The van der Waals surface area contributed by atoms with Crippen LogP contribution in [0.2, 0.25) is 0 Å². The summed E-state index contributed by atoms with van der Waals surface area (Å²) in [6, 6.07) is 6.04. The molecule has 1 aliphatic rings. The monoisotopic (exact) mass is 289 g/mol. The van der Waals surface area contributed by atoms with Crippen LogP contribution in [0.1, 0.15) is 42.4 Å². The summed E-state index contributed by atoms with van der Waals surface area (Å²) >= 11 is 0. The topological polar surface area (TPSA) is 55.4 Å². The molecule has 4 heteroatoms. The van der Waals surface area contributed by atoms with Crippen LogP contribution in [0.25, 0.3) is 0 Å². The van der Waals surface area contributed by atoms with Gasteiger partial charge in [-0.3, -0.25) is 4.79 Å². The third kappa shape index (κ3) is 3.43. The average Bonchev–Trinajstić information content (AvgIpc) is 2.90. The third-order valence-electron chi connectivity index (χ3n) is 4.26. The first-order valence-corrected chi connectivity index (χ1v) is 7.42. The molecule has 1 amide bonds. The molecule has 2 rings (SSSR count). The summed E-state index contributed by atoms with van der Waals surface area (Å²) in [5.74, 6) is -0.441. The van der Waals surface area contributed by atoms with Crippen molar-refractivity contribution in [3.8, 4) is 0 Å². The van der Waals surface area contributed by atoms with Crippen molar-refractivity contribution in [1.82, 2.24) is 5.32 Å². The van der Waals surface area contributed by atoms with Gasteiger partial charge in [0.25, 0.3) is 0 Å². The molecule has 1 aromatic rings. The van der Waals surface area contributed by atoms with E-state index < -0.39 is 5.54 Å². The number of aryl methyl sites for hydroxylation is 2. The molecule has 1 aromatic carbocycles. The van der Waals surface area contributed by atoms with E-state index in [1.54, 1.807) is 0 Å². The number of ether oxygens (including phenoxy) is 1. The van der Waals surface area contributed by atoms with Gasteiger partial charge in [-0.2, -0.15) is 0 Å². The van der Waals surface area contributed by atoms with E-state index in [1.165, 1.54) is 12.7 Å². The Bertz CT molecular complexity index is 545. The Morgan fingerprint density at radius 2 is 1.90 bits per heavy atom. The molecule has 0 bridgehead atoms. The molecule has 1 aliphatic carbocycles. The van der Waals surface area contributed by atoms with Crippen molar-refractivity contribution in [1.29, 1.82) is 0 Å². The highest BCUT2D eigenvalue weighted by Crippen LogP contribution is 2.31. The Kier molecular flexibility index (Phi) is 4.66. The maximum Gasteiger partial charge on any atom is 0.331 e. The van der Waals surface area contributed by atoms with Crippen LogP contribution < -0.4 is 5.32 Å². The molecule has 0 unspecified atom stereocenters. The van der Waals surface area contributed by atoms with Crippen LogP contribution in [0, 0.1) is 13.8 Å². The lowest BCUT2D eigenvalue weighted by atomic mass is 9.96. The van der Waals surface area contributed by atoms with Gasteiger partial charge in [0.2, 0.25) is 5.91 Å². The minimum Gasteiger partial charge on any atom is -0.467 e. The molecule has 0 heterocycles. The maximum atomic E-state index is 12.3. The first-order valence-electron chi connectivity index (χ1n) is 7.42. The van der Waals surface area contributed by atoms with Gasteiger partial charge >= 0.3 is 5.97 Å². The minimum atomic E-state index is -0.815.